The van der Waals surface area contributed by atoms with E-state index in [1.165, 1.54) is 23.5 Å². The highest BCUT2D eigenvalue weighted by Crippen LogP contribution is 2.30. The Hall–Kier alpha value is -3.29. The van der Waals surface area contributed by atoms with E-state index in [2.05, 4.69) is 33.5 Å². The van der Waals surface area contributed by atoms with Crippen molar-refractivity contribution in [1.82, 2.24) is 24.4 Å². The molecule has 1 atom stereocenters. The number of hydrogen-bond acceptors (Lipinski definition) is 5. The molecule has 0 aromatic carbocycles. The molecule has 1 N–H and O–H groups in total. The van der Waals surface area contributed by atoms with Crippen molar-refractivity contribution in [1.29, 1.82) is 0 Å². The van der Waals surface area contributed by atoms with Gasteiger partial charge in [-0.15, -0.1) is 0 Å². The van der Waals surface area contributed by atoms with E-state index >= 15 is 0 Å². The summed E-state index contributed by atoms with van der Waals surface area (Å²) in [5.74, 6) is 0.405. The van der Waals surface area contributed by atoms with Crippen molar-refractivity contribution in [3.63, 3.8) is 0 Å². The Morgan fingerprint density at radius 2 is 2.21 bits per heavy atom. The smallest absolute Gasteiger partial charge is 0.267 e. The molecule has 0 saturated heterocycles. The van der Waals surface area contributed by atoms with Crippen LogP contribution in [-0.4, -0.2) is 30.3 Å². The lowest BCUT2D eigenvalue weighted by molar-refractivity contribution is -0.117. The number of anilines is 1. The number of aromatic nitrogens is 5. The maximum Gasteiger partial charge on any atom is 0.267 e. The van der Waals surface area contributed by atoms with Crippen LogP contribution in [0.4, 0.5) is 5.69 Å². The molecule has 144 valence electrons. The second kappa shape index (κ2) is 7.75. The molecule has 3 aromatic heterocycles. The van der Waals surface area contributed by atoms with Gasteiger partial charge in [-0.1, -0.05) is 19.4 Å². The lowest BCUT2D eigenvalue weighted by atomic mass is 9.87. The lowest BCUT2D eigenvalue weighted by Gasteiger charge is -2.20. The van der Waals surface area contributed by atoms with Gasteiger partial charge in [0.2, 0.25) is 5.91 Å². The zero-order valence-corrected chi connectivity index (χ0v) is 15.7. The number of hydrogen-bond donors (Lipinski definition) is 1. The predicted molar refractivity (Wildman–Crippen MR) is 106 cm³/mol. The van der Waals surface area contributed by atoms with Gasteiger partial charge in [-0.3, -0.25) is 9.59 Å². The maximum absolute atomic E-state index is 12.4. The Kier molecular flexibility index (Phi) is 5.01. The average molecular weight is 378 g/mol. The summed E-state index contributed by atoms with van der Waals surface area (Å²) in [6.45, 7) is 2.07. The minimum Gasteiger partial charge on any atom is -0.324 e. The SMILES string of the molecule is CCC1CC=C(c2ccc(=O)n(CC(=O)Nc3ccn4ncnc4c3)n2)CC1. The molecule has 0 fully saturated rings. The third-order valence-electron chi connectivity index (χ3n) is 5.15. The average Bonchev–Trinajstić information content (AvgIpc) is 3.17. The molecule has 1 unspecified atom stereocenters. The summed E-state index contributed by atoms with van der Waals surface area (Å²) in [5, 5.41) is 11.2. The number of allylic oxidation sites excluding steroid dienone is 2. The van der Waals surface area contributed by atoms with Crippen molar-refractivity contribution in [2.24, 2.45) is 5.92 Å². The van der Waals surface area contributed by atoms with Gasteiger partial charge in [0.25, 0.3) is 5.56 Å². The normalized spacial score (nSPS) is 16.8. The Morgan fingerprint density at radius 1 is 1.32 bits per heavy atom. The third kappa shape index (κ3) is 3.85. The van der Waals surface area contributed by atoms with Gasteiger partial charge in [0, 0.05) is 24.0 Å². The summed E-state index contributed by atoms with van der Waals surface area (Å²) in [7, 11) is 0. The zero-order valence-electron chi connectivity index (χ0n) is 15.7. The number of amides is 1. The standard InChI is InChI=1S/C20H22N6O2/c1-2-14-3-5-15(6-4-14)17-7-8-20(28)26(24-17)12-19(27)23-16-9-10-25-18(11-16)21-13-22-25/h5,7-11,13-14H,2-4,6,12H2,1H3,(H,23,27). The number of carbonyl (C=O) groups excluding carboxylic acids is 1. The highest BCUT2D eigenvalue weighted by molar-refractivity contribution is 5.90. The minimum atomic E-state index is -0.320. The number of nitrogens with one attached hydrogen (secondary N) is 1. The quantitative estimate of drug-likeness (QED) is 0.736. The van der Waals surface area contributed by atoms with Gasteiger partial charge < -0.3 is 5.32 Å². The minimum absolute atomic E-state index is 0.143. The molecule has 0 bridgehead atoms. The van der Waals surface area contributed by atoms with Crippen molar-refractivity contribution in [2.45, 2.75) is 39.2 Å². The Morgan fingerprint density at radius 3 is 3.00 bits per heavy atom. The van der Waals surface area contributed by atoms with E-state index in [-0.39, 0.29) is 18.0 Å². The first-order chi connectivity index (χ1) is 13.6. The highest BCUT2D eigenvalue weighted by Gasteiger charge is 2.16. The van der Waals surface area contributed by atoms with Gasteiger partial charge >= 0.3 is 0 Å². The lowest BCUT2D eigenvalue weighted by Crippen LogP contribution is -2.29. The van der Waals surface area contributed by atoms with Crippen LogP contribution in [0.2, 0.25) is 0 Å². The molecular weight excluding hydrogens is 356 g/mol. The first-order valence-corrected chi connectivity index (χ1v) is 9.49. The molecule has 3 aromatic rings. The van der Waals surface area contributed by atoms with Crippen LogP contribution in [-0.2, 0) is 11.3 Å². The van der Waals surface area contributed by atoms with Gasteiger partial charge in [-0.25, -0.2) is 14.2 Å². The van der Waals surface area contributed by atoms with Crippen LogP contribution in [0.1, 0.15) is 38.3 Å². The van der Waals surface area contributed by atoms with Crippen molar-refractivity contribution < 1.29 is 4.79 Å². The Labute approximate surface area is 161 Å². The number of fused-ring (bicyclic) bond motifs is 1. The van der Waals surface area contributed by atoms with Crippen LogP contribution >= 0.6 is 0 Å². The van der Waals surface area contributed by atoms with Gasteiger partial charge in [0.05, 0.1) is 5.69 Å². The molecule has 8 heteroatoms. The first-order valence-electron chi connectivity index (χ1n) is 9.49. The molecule has 3 heterocycles. The molecular formula is C20H22N6O2. The first kappa shape index (κ1) is 18.1. The molecule has 4 rings (SSSR count). The third-order valence-corrected chi connectivity index (χ3v) is 5.15. The fourth-order valence-electron chi connectivity index (χ4n) is 3.45. The van der Waals surface area contributed by atoms with Crippen LogP contribution in [0, 0.1) is 5.92 Å². The fraction of sp³-hybridized carbons (Fsp3) is 0.350. The van der Waals surface area contributed by atoms with Crippen LogP contribution in [0.3, 0.4) is 0 Å². The van der Waals surface area contributed by atoms with E-state index in [4.69, 9.17) is 0 Å². The van der Waals surface area contributed by atoms with E-state index in [1.807, 2.05) is 0 Å². The predicted octanol–water partition coefficient (Wildman–Crippen LogP) is 2.52. The molecule has 1 aliphatic carbocycles. The van der Waals surface area contributed by atoms with Crippen LogP contribution in [0.25, 0.3) is 11.2 Å². The molecule has 1 amide bonds. The Balaban J connectivity index is 1.48. The van der Waals surface area contributed by atoms with Gasteiger partial charge in [0.15, 0.2) is 5.65 Å². The number of carbonyl (C=O) groups is 1. The van der Waals surface area contributed by atoms with Crippen molar-refractivity contribution in [3.8, 4) is 0 Å². The summed E-state index contributed by atoms with van der Waals surface area (Å²) in [6.07, 6.45) is 9.67. The molecule has 28 heavy (non-hydrogen) atoms. The largest absolute Gasteiger partial charge is 0.324 e. The molecule has 0 saturated carbocycles. The molecule has 8 nitrogen and oxygen atoms in total. The summed E-state index contributed by atoms with van der Waals surface area (Å²) in [4.78, 5) is 28.7. The Bertz CT molecular complexity index is 1100. The molecule has 0 spiro atoms. The van der Waals surface area contributed by atoms with Crippen LogP contribution in [0.5, 0.6) is 0 Å². The number of rotatable bonds is 5. The zero-order chi connectivity index (χ0) is 19.5. The number of nitrogens with zero attached hydrogens (tertiary/aromatic N) is 5. The van der Waals surface area contributed by atoms with Crippen LogP contribution < -0.4 is 10.9 Å². The molecule has 0 aliphatic heterocycles. The van der Waals surface area contributed by atoms with E-state index in [1.54, 1.807) is 28.9 Å². The van der Waals surface area contributed by atoms with Gasteiger partial charge in [0.1, 0.15) is 12.9 Å². The summed E-state index contributed by atoms with van der Waals surface area (Å²) < 4.78 is 2.82. The van der Waals surface area contributed by atoms with Crippen LogP contribution in [0.15, 0.2) is 47.7 Å². The van der Waals surface area contributed by atoms with Crippen molar-refractivity contribution in [2.75, 3.05) is 5.32 Å². The van der Waals surface area contributed by atoms with E-state index in [0.717, 1.165) is 36.4 Å². The second-order valence-corrected chi connectivity index (χ2v) is 7.02. The molecule has 0 radical (unpaired) electrons. The second-order valence-electron chi connectivity index (χ2n) is 7.02. The topological polar surface area (TPSA) is 94.2 Å². The maximum atomic E-state index is 12.4. The van der Waals surface area contributed by atoms with Gasteiger partial charge in [-0.05, 0) is 42.9 Å². The monoisotopic (exact) mass is 378 g/mol. The van der Waals surface area contributed by atoms with Gasteiger partial charge in [-0.2, -0.15) is 10.2 Å². The summed E-state index contributed by atoms with van der Waals surface area (Å²) in [5.41, 5.74) is 2.85. The highest BCUT2D eigenvalue weighted by atomic mass is 16.2. The molecule has 1 aliphatic rings. The van der Waals surface area contributed by atoms with E-state index < -0.39 is 0 Å². The number of pyridine rings is 1. The summed E-state index contributed by atoms with van der Waals surface area (Å²) >= 11 is 0. The fourth-order valence-corrected chi connectivity index (χ4v) is 3.45. The van der Waals surface area contributed by atoms with Crippen molar-refractivity contribution >= 4 is 22.8 Å². The summed E-state index contributed by atoms with van der Waals surface area (Å²) in [6, 6.07) is 6.66. The van der Waals surface area contributed by atoms with E-state index in [0.29, 0.717) is 11.3 Å². The van der Waals surface area contributed by atoms with E-state index in [9.17, 15) is 9.59 Å². The van der Waals surface area contributed by atoms with Crippen molar-refractivity contribution in [3.05, 3.63) is 58.9 Å².